The fourth-order valence-electron chi connectivity index (χ4n) is 2.96. The van der Waals surface area contributed by atoms with Crippen molar-refractivity contribution in [3.05, 3.63) is 58.0 Å². The van der Waals surface area contributed by atoms with E-state index in [9.17, 15) is 4.39 Å². The molecule has 1 fully saturated rings. The molecule has 0 unspecified atom stereocenters. The summed E-state index contributed by atoms with van der Waals surface area (Å²) in [5.41, 5.74) is 1.63. The molecule has 0 bridgehead atoms. The molecule has 6 heteroatoms. The topological polar surface area (TPSA) is 36.9 Å². The summed E-state index contributed by atoms with van der Waals surface area (Å²) in [6, 6.07) is 8.65. The first-order valence-electron chi connectivity index (χ1n) is 8.38. The van der Waals surface area contributed by atoms with Gasteiger partial charge in [-0.2, -0.15) is 11.3 Å². The van der Waals surface area contributed by atoms with Gasteiger partial charge in [0, 0.05) is 12.7 Å². The second-order valence-corrected chi connectivity index (χ2v) is 6.74. The average molecular weight is 366 g/mol. The van der Waals surface area contributed by atoms with Gasteiger partial charge < -0.3 is 18.9 Å². The first kappa shape index (κ1) is 18.5. The molecule has 0 saturated carbocycles. The number of rotatable bonds is 8. The zero-order valence-electron chi connectivity index (χ0n) is 14.4. The van der Waals surface area contributed by atoms with Crippen LogP contribution in [0.5, 0.6) is 0 Å². The molecule has 1 aliphatic heterocycles. The van der Waals surface area contributed by atoms with Gasteiger partial charge in [-0.3, -0.25) is 0 Å². The van der Waals surface area contributed by atoms with Crippen LogP contribution in [0, 0.1) is 5.82 Å². The van der Waals surface area contributed by atoms with Gasteiger partial charge in [0.1, 0.15) is 18.0 Å². The van der Waals surface area contributed by atoms with Crippen molar-refractivity contribution in [2.45, 2.75) is 51.2 Å². The molecule has 25 heavy (non-hydrogen) atoms. The highest BCUT2D eigenvalue weighted by molar-refractivity contribution is 7.07. The zero-order chi connectivity index (χ0) is 17.6. The summed E-state index contributed by atoms with van der Waals surface area (Å²) < 4.78 is 37.3. The van der Waals surface area contributed by atoms with E-state index in [-0.39, 0.29) is 30.7 Å². The minimum atomic E-state index is -0.491. The third kappa shape index (κ3) is 4.46. The smallest absolute Gasteiger partial charge is 0.186 e. The molecule has 0 amide bonds. The summed E-state index contributed by atoms with van der Waals surface area (Å²) in [5.74, 6) is -0.270. The van der Waals surface area contributed by atoms with Crippen LogP contribution in [0.1, 0.15) is 24.5 Å². The highest BCUT2D eigenvalue weighted by atomic mass is 32.1. The normalized spacial score (nSPS) is 26.2. The summed E-state index contributed by atoms with van der Waals surface area (Å²) in [5, 5.41) is 4.06. The summed E-state index contributed by atoms with van der Waals surface area (Å²) in [7, 11) is 1.59. The summed E-state index contributed by atoms with van der Waals surface area (Å²) in [6.45, 7) is 2.66. The number of thiophene rings is 1. The van der Waals surface area contributed by atoms with Gasteiger partial charge in [0.15, 0.2) is 6.29 Å². The van der Waals surface area contributed by atoms with Crippen LogP contribution in [0.2, 0.25) is 0 Å². The molecule has 0 aliphatic carbocycles. The lowest BCUT2D eigenvalue weighted by atomic mass is 10.1. The minimum Gasteiger partial charge on any atom is -0.368 e. The predicted octanol–water partition coefficient (Wildman–Crippen LogP) is 4.14. The molecule has 4 atom stereocenters. The van der Waals surface area contributed by atoms with E-state index in [2.05, 4.69) is 0 Å². The van der Waals surface area contributed by atoms with Crippen molar-refractivity contribution in [3.8, 4) is 0 Å². The van der Waals surface area contributed by atoms with Crippen molar-refractivity contribution < 1.29 is 23.3 Å². The van der Waals surface area contributed by atoms with Crippen molar-refractivity contribution in [3.63, 3.8) is 0 Å². The molecule has 2 aromatic rings. The second kappa shape index (κ2) is 8.87. The number of methoxy groups -OCH3 is 1. The fraction of sp³-hybridized carbons (Fsp3) is 0.474. The van der Waals surface area contributed by atoms with Crippen LogP contribution < -0.4 is 0 Å². The lowest BCUT2D eigenvalue weighted by Gasteiger charge is -2.24. The maximum atomic E-state index is 13.9. The van der Waals surface area contributed by atoms with Crippen molar-refractivity contribution in [1.82, 2.24) is 0 Å². The van der Waals surface area contributed by atoms with E-state index >= 15 is 0 Å². The van der Waals surface area contributed by atoms with Gasteiger partial charge in [-0.15, -0.1) is 0 Å². The first-order chi connectivity index (χ1) is 12.2. The van der Waals surface area contributed by atoms with Gasteiger partial charge >= 0.3 is 0 Å². The lowest BCUT2D eigenvalue weighted by Crippen LogP contribution is -2.38. The Balaban J connectivity index is 1.68. The average Bonchev–Trinajstić information content (AvgIpc) is 3.26. The van der Waals surface area contributed by atoms with Crippen LogP contribution in [0.3, 0.4) is 0 Å². The SMILES string of the molecule is CC[C@H]1O[C@H](OC)[C@H](OCc2ccsc2)[C@H]1OCc1ccccc1F. The number of ether oxygens (including phenoxy) is 4. The molecule has 1 aliphatic rings. The minimum absolute atomic E-state index is 0.149. The largest absolute Gasteiger partial charge is 0.368 e. The molecule has 136 valence electrons. The molecule has 0 N–H and O–H groups in total. The maximum Gasteiger partial charge on any atom is 0.186 e. The van der Waals surface area contributed by atoms with Crippen LogP contribution in [0.25, 0.3) is 0 Å². The number of hydrogen-bond donors (Lipinski definition) is 0. The molecular weight excluding hydrogens is 343 g/mol. The third-order valence-corrected chi connectivity index (χ3v) is 5.05. The third-order valence-electron chi connectivity index (χ3n) is 4.31. The molecule has 0 radical (unpaired) electrons. The van der Waals surface area contributed by atoms with Gasteiger partial charge in [-0.1, -0.05) is 25.1 Å². The molecular formula is C19H23FO4S. The van der Waals surface area contributed by atoms with Crippen molar-refractivity contribution >= 4 is 11.3 Å². The Labute approximate surface area is 151 Å². The van der Waals surface area contributed by atoms with Gasteiger partial charge in [0.25, 0.3) is 0 Å². The Bertz CT molecular complexity index is 649. The number of benzene rings is 1. The highest BCUT2D eigenvalue weighted by Crippen LogP contribution is 2.30. The van der Waals surface area contributed by atoms with E-state index < -0.39 is 6.29 Å². The van der Waals surface area contributed by atoms with Crippen molar-refractivity contribution in [1.29, 1.82) is 0 Å². The molecule has 0 spiro atoms. The monoisotopic (exact) mass is 366 g/mol. The molecule has 3 rings (SSSR count). The Morgan fingerprint density at radius 2 is 1.92 bits per heavy atom. The fourth-order valence-corrected chi connectivity index (χ4v) is 3.61. The maximum absolute atomic E-state index is 13.9. The van der Waals surface area contributed by atoms with Crippen LogP contribution >= 0.6 is 11.3 Å². The standard InChI is InChI=1S/C19H23FO4S/c1-3-16-17(23-11-14-6-4-5-7-15(14)20)18(19(21-2)24-16)22-10-13-8-9-25-12-13/h4-9,12,16-19H,3,10-11H2,1-2H3/t16-,17+,18-,19+/m1/s1. The second-order valence-electron chi connectivity index (χ2n) is 5.96. The number of hydrogen-bond acceptors (Lipinski definition) is 5. The van der Waals surface area contributed by atoms with E-state index in [1.54, 1.807) is 36.6 Å². The molecule has 1 aromatic carbocycles. The number of halogens is 1. The van der Waals surface area contributed by atoms with Gasteiger partial charge in [-0.25, -0.2) is 4.39 Å². The molecule has 2 heterocycles. The Morgan fingerprint density at radius 3 is 2.60 bits per heavy atom. The van der Waals surface area contributed by atoms with Gasteiger partial charge in [-0.05, 0) is 34.9 Å². The quantitative estimate of drug-likeness (QED) is 0.704. The lowest BCUT2D eigenvalue weighted by molar-refractivity contribution is -0.166. The molecule has 1 saturated heterocycles. The van der Waals surface area contributed by atoms with Crippen LogP contribution in [0.15, 0.2) is 41.1 Å². The van der Waals surface area contributed by atoms with Crippen LogP contribution in [-0.2, 0) is 32.2 Å². The zero-order valence-corrected chi connectivity index (χ0v) is 15.2. The Hall–Kier alpha value is -1.31. The van der Waals surface area contributed by atoms with Crippen LogP contribution in [-0.4, -0.2) is 31.7 Å². The van der Waals surface area contributed by atoms with Crippen molar-refractivity contribution in [2.75, 3.05) is 7.11 Å². The summed E-state index contributed by atoms with van der Waals surface area (Å²) >= 11 is 1.63. The predicted molar refractivity (Wildman–Crippen MR) is 93.8 cm³/mol. The van der Waals surface area contributed by atoms with E-state index in [1.807, 2.05) is 23.8 Å². The summed E-state index contributed by atoms with van der Waals surface area (Å²) in [4.78, 5) is 0. The molecule has 1 aromatic heterocycles. The Morgan fingerprint density at radius 1 is 1.12 bits per heavy atom. The summed E-state index contributed by atoms with van der Waals surface area (Å²) in [6.07, 6.45) is -0.548. The van der Waals surface area contributed by atoms with Gasteiger partial charge in [0.05, 0.1) is 19.3 Å². The van der Waals surface area contributed by atoms with E-state index in [0.717, 1.165) is 12.0 Å². The van der Waals surface area contributed by atoms with E-state index in [4.69, 9.17) is 18.9 Å². The van der Waals surface area contributed by atoms with Crippen molar-refractivity contribution in [2.24, 2.45) is 0 Å². The van der Waals surface area contributed by atoms with E-state index in [1.165, 1.54) is 6.07 Å². The van der Waals surface area contributed by atoms with Crippen LogP contribution in [0.4, 0.5) is 4.39 Å². The highest BCUT2D eigenvalue weighted by Gasteiger charge is 2.45. The molecule has 4 nitrogen and oxygen atoms in total. The Kier molecular flexibility index (Phi) is 6.56. The van der Waals surface area contributed by atoms with E-state index in [0.29, 0.717) is 12.2 Å². The first-order valence-corrected chi connectivity index (χ1v) is 9.33. The van der Waals surface area contributed by atoms with Gasteiger partial charge in [0.2, 0.25) is 0 Å².